The Morgan fingerprint density at radius 3 is 3.00 bits per heavy atom. The number of nitrogens with two attached hydrogens (primary N) is 1. The minimum Gasteiger partial charge on any atom is -0.330 e. The van der Waals surface area contributed by atoms with E-state index in [1.165, 1.54) is 25.0 Å². The maximum atomic E-state index is 5.40. The summed E-state index contributed by atoms with van der Waals surface area (Å²) in [7, 11) is 0. The third kappa shape index (κ3) is 1.67. The third-order valence-electron chi connectivity index (χ3n) is 1.51. The molecule has 1 unspecified atom stereocenters. The molecule has 0 bridgehead atoms. The molecule has 1 aliphatic rings. The molecule has 0 saturated carbocycles. The standard InChI is InChI=1S/C6H13NS/c7-4-3-6-2-1-5-8-6/h6H,1-5,7H2. The van der Waals surface area contributed by atoms with Crippen molar-refractivity contribution in [1.29, 1.82) is 0 Å². The van der Waals surface area contributed by atoms with Crippen LogP contribution in [0.3, 0.4) is 0 Å². The quantitative estimate of drug-likeness (QED) is 0.610. The molecule has 0 spiro atoms. The van der Waals surface area contributed by atoms with E-state index in [4.69, 9.17) is 5.73 Å². The first-order valence-electron chi connectivity index (χ1n) is 3.25. The highest BCUT2D eigenvalue weighted by Gasteiger charge is 2.13. The summed E-state index contributed by atoms with van der Waals surface area (Å²) >= 11 is 2.09. The fourth-order valence-electron chi connectivity index (χ4n) is 1.06. The van der Waals surface area contributed by atoms with Crippen LogP contribution >= 0.6 is 11.8 Å². The van der Waals surface area contributed by atoms with Crippen LogP contribution < -0.4 is 5.73 Å². The highest BCUT2D eigenvalue weighted by molar-refractivity contribution is 8.00. The summed E-state index contributed by atoms with van der Waals surface area (Å²) in [5, 5.41) is 0.903. The molecule has 1 fully saturated rings. The summed E-state index contributed by atoms with van der Waals surface area (Å²) in [4.78, 5) is 0. The molecule has 0 aromatic rings. The van der Waals surface area contributed by atoms with Crippen LogP contribution in [-0.2, 0) is 0 Å². The summed E-state index contributed by atoms with van der Waals surface area (Å²) < 4.78 is 0. The van der Waals surface area contributed by atoms with Crippen molar-refractivity contribution in [1.82, 2.24) is 0 Å². The van der Waals surface area contributed by atoms with Crippen LogP contribution in [0, 0.1) is 0 Å². The molecule has 0 radical (unpaired) electrons. The van der Waals surface area contributed by atoms with Gasteiger partial charge in [0.15, 0.2) is 0 Å². The maximum absolute atomic E-state index is 5.40. The first-order valence-corrected chi connectivity index (χ1v) is 4.30. The van der Waals surface area contributed by atoms with Gasteiger partial charge >= 0.3 is 0 Å². The predicted octanol–water partition coefficient (Wildman–Crippen LogP) is 1.23. The van der Waals surface area contributed by atoms with Crippen LogP contribution in [0.25, 0.3) is 0 Å². The molecular weight excluding hydrogens is 118 g/mol. The van der Waals surface area contributed by atoms with Gasteiger partial charge in [0.2, 0.25) is 0 Å². The second-order valence-electron chi connectivity index (χ2n) is 2.21. The maximum Gasteiger partial charge on any atom is 0.00593 e. The largest absolute Gasteiger partial charge is 0.330 e. The van der Waals surface area contributed by atoms with E-state index < -0.39 is 0 Å². The molecular formula is C6H13NS. The smallest absolute Gasteiger partial charge is 0.00593 e. The van der Waals surface area contributed by atoms with Crippen molar-refractivity contribution in [3.8, 4) is 0 Å². The van der Waals surface area contributed by atoms with E-state index in [1.807, 2.05) is 0 Å². The van der Waals surface area contributed by atoms with Crippen molar-refractivity contribution >= 4 is 11.8 Å². The Bertz CT molecular complexity index is 59.5. The van der Waals surface area contributed by atoms with E-state index in [9.17, 15) is 0 Å². The van der Waals surface area contributed by atoms with Crippen molar-refractivity contribution in [2.45, 2.75) is 24.5 Å². The molecule has 0 amide bonds. The molecule has 0 aromatic carbocycles. The molecule has 1 atom stereocenters. The normalized spacial score (nSPS) is 28.9. The summed E-state index contributed by atoms with van der Waals surface area (Å²) in [5.74, 6) is 1.37. The second kappa shape index (κ2) is 3.36. The average molecular weight is 131 g/mol. The van der Waals surface area contributed by atoms with E-state index in [0.29, 0.717) is 0 Å². The Kier molecular flexibility index (Phi) is 2.70. The van der Waals surface area contributed by atoms with Crippen molar-refractivity contribution in [2.75, 3.05) is 12.3 Å². The van der Waals surface area contributed by atoms with E-state index in [1.54, 1.807) is 0 Å². The highest BCUT2D eigenvalue weighted by atomic mass is 32.2. The van der Waals surface area contributed by atoms with E-state index in [-0.39, 0.29) is 0 Å². The first-order chi connectivity index (χ1) is 3.93. The Labute approximate surface area is 55.0 Å². The van der Waals surface area contributed by atoms with Gasteiger partial charge in [0, 0.05) is 5.25 Å². The van der Waals surface area contributed by atoms with Crippen LogP contribution in [0.1, 0.15) is 19.3 Å². The summed E-state index contributed by atoms with van der Waals surface area (Å²) in [6, 6.07) is 0. The fraction of sp³-hybridized carbons (Fsp3) is 1.00. The number of hydrogen-bond donors (Lipinski definition) is 1. The van der Waals surface area contributed by atoms with Crippen LogP contribution in [0.2, 0.25) is 0 Å². The topological polar surface area (TPSA) is 26.0 Å². The van der Waals surface area contributed by atoms with E-state index in [0.717, 1.165) is 11.8 Å². The van der Waals surface area contributed by atoms with Crippen LogP contribution in [0.5, 0.6) is 0 Å². The Morgan fingerprint density at radius 1 is 1.62 bits per heavy atom. The highest BCUT2D eigenvalue weighted by Crippen LogP contribution is 2.27. The van der Waals surface area contributed by atoms with Crippen molar-refractivity contribution in [3.05, 3.63) is 0 Å². The van der Waals surface area contributed by atoms with Crippen molar-refractivity contribution in [2.24, 2.45) is 5.73 Å². The Balaban J connectivity index is 2.06. The van der Waals surface area contributed by atoms with Gasteiger partial charge in [-0.1, -0.05) is 0 Å². The van der Waals surface area contributed by atoms with Crippen molar-refractivity contribution in [3.63, 3.8) is 0 Å². The lowest BCUT2D eigenvalue weighted by Crippen LogP contribution is -2.06. The SMILES string of the molecule is NCCC1CCCS1. The zero-order valence-corrected chi connectivity index (χ0v) is 5.91. The Morgan fingerprint density at radius 2 is 2.50 bits per heavy atom. The molecule has 0 aliphatic carbocycles. The lowest BCUT2D eigenvalue weighted by Gasteiger charge is -2.02. The first kappa shape index (κ1) is 6.43. The minimum absolute atomic E-state index is 0.873. The lowest BCUT2D eigenvalue weighted by atomic mass is 10.2. The van der Waals surface area contributed by atoms with Crippen LogP contribution in [0.15, 0.2) is 0 Å². The predicted molar refractivity (Wildman–Crippen MR) is 39.2 cm³/mol. The molecule has 48 valence electrons. The lowest BCUT2D eigenvalue weighted by molar-refractivity contribution is 0.724. The molecule has 2 N–H and O–H groups in total. The van der Waals surface area contributed by atoms with Gasteiger partial charge in [-0.15, -0.1) is 0 Å². The van der Waals surface area contributed by atoms with Gasteiger partial charge in [-0.05, 0) is 31.6 Å². The molecule has 1 rings (SSSR count). The van der Waals surface area contributed by atoms with E-state index >= 15 is 0 Å². The molecule has 1 aliphatic heterocycles. The zero-order valence-electron chi connectivity index (χ0n) is 5.10. The molecule has 1 saturated heterocycles. The van der Waals surface area contributed by atoms with Gasteiger partial charge < -0.3 is 5.73 Å². The van der Waals surface area contributed by atoms with Gasteiger partial charge in [0.05, 0.1) is 0 Å². The number of hydrogen-bond acceptors (Lipinski definition) is 2. The van der Waals surface area contributed by atoms with Gasteiger partial charge in [0.1, 0.15) is 0 Å². The minimum atomic E-state index is 0.873. The molecule has 2 heteroatoms. The van der Waals surface area contributed by atoms with Gasteiger partial charge in [-0.25, -0.2) is 0 Å². The van der Waals surface area contributed by atoms with Crippen molar-refractivity contribution < 1.29 is 0 Å². The number of thioether (sulfide) groups is 1. The van der Waals surface area contributed by atoms with Gasteiger partial charge in [-0.3, -0.25) is 0 Å². The van der Waals surface area contributed by atoms with Gasteiger partial charge in [-0.2, -0.15) is 11.8 Å². The molecule has 1 heterocycles. The summed E-state index contributed by atoms with van der Waals surface area (Å²) in [6.45, 7) is 0.873. The fourth-order valence-corrected chi connectivity index (χ4v) is 2.36. The Hall–Kier alpha value is 0.310. The monoisotopic (exact) mass is 131 g/mol. The zero-order chi connectivity index (χ0) is 5.82. The molecule has 1 nitrogen and oxygen atoms in total. The summed E-state index contributed by atoms with van der Waals surface area (Å²) in [6.07, 6.45) is 4.04. The second-order valence-corrected chi connectivity index (χ2v) is 3.62. The van der Waals surface area contributed by atoms with Gasteiger partial charge in [0.25, 0.3) is 0 Å². The summed E-state index contributed by atoms with van der Waals surface area (Å²) in [5.41, 5.74) is 5.40. The number of rotatable bonds is 2. The van der Waals surface area contributed by atoms with Crippen LogP contribution in [0.4, 0.5) is 0 Å². The molecule has 0 aromatic heterocycles. The van der Waals surface area contributed by atoms with E-state index in [2.05, 4.69) is 11.8 Å². The molecule has 8 heavy (non-hydrogen) atoms. The average Bonchev–Trinajstić information content (AvgIpc) is 2.19. The third-order valence-corrected chi connectivity index (χ3v) is 2.98. The van der Waals surface area contributed by atoms with Crippen LogP contribution in [-0.4, -0.2) is 17.5 Å².